The van der Waals surface area contributed by atoms with Crippen LogP contribution < -0.4 is 10.7 Å². The third-order valence-corrected chi connectivity index (χ3v) is 4.81. The summed E-state index contributed by atoms with van der Waals surface area (Å²) >= 11 is 0. The summed E-state index contributed by atoms with van der Waals surface area (Å²) in [6.45, 7) is 8.26. The van der Waals surface area contributed by atoms with Gasteiger partial charge in [0.25, 0.3) is 5.91 Å². The largest absolute Gasteiger partial charge is 0.354 e. The zero-order valence-corrected chi connectivity index (χ0v) is 14.6. The fourth-order valence-electron chi connectivity index (χ4n) is 3.20. The second-order valence-electron chi connectivity index (χ2n) is 6.63. The molecule has 1 amide bonds. The maximum absolute atomic E-state index is 12.2. The molecule has 1 N–H and O–H groups in total. The molecule has 128 valence electrons. The van der Waals surface area contributed by atoms with Crippen LogP contribution in [0.5, 0.6) is 0 Å². The third kappa shape index (κ3) is 4.93. The smallest absolute Gasteiger partial charge is 0.256 e. The van der Waals surface area contributed by atoms with E-state index in [1.807, 2.05) is 14.0 Å². The van der Waals surface area contributed by atoms with E-state index >= 15 is 0 Å². The van der Waals surface area contributed by atoms with Crippen molar-refractivity contribution in [3.63, 3.8) is 0 Å². The van der Waals surface area contributed by atoms with Crippen molar-refractivity contribution >= 4 is 5.91 Å². The number of nitrogens with zero attached hydrogens (tertiary/aromatic N) is 2. The molecule has 5 nitrogen and oxygen atoms in total. The van der Waals surface area contributed by atoms with Crippen LogP contribution in [0.25, 0.3) is 0 Å². The van der Waals surface area contributed by atoms with Gasteiger partial charge in [-0.15, -0.1) is 0 Å². The number of likely N-dealkylation sites (tertiary alicyclic amines) is 1. The molecule has 2 heterocycles. The fraction of sp³-hybridized carbons (Fsp3) is 0.667. The first kappa shape index (κ1) is 17.7. The Balaban J connectivity index is 1.78. The molecule has 1 saturated heterocycles. The molecule has 23 heavy (non-hydrogen) atoms. The van der Waals surface area contributed by atoms with E-state index in [1.54, 1.807) is 10.8 Å². The minimum absolute atomic E-state index is 0.203. The van der Waals surface area contributed by atoms with Crippen LogP contribution in [0.4, 0.5) is 0 Å². The molecule has 1 aromatic heterocycles. The first-order valence-electron chi connectivity index (χ1n) is 8.69. The Morgan fingerprint density at radius 1 is 1.35 bits per heavy atom. The minimum Gasteiger partial charge on any atom is -0.354 e. The SMILES string of the molecule is CCCN1CCC(CCNC(=O)c2cn(C)c(C)cc2=O)CC1. The topological polar surface area (TPSA) is 54.3 Å². The lowest BCUT2D eigenvalue weighted by Crippen LogP contribution is -2.36. The molecule has 0 saturated carbocycles. The van der Waals surface area contributed by atoms with E-state index in [-0.39, 0.29) is 16.9 Å². The summed E-state index contributed by atoms with van der Waals surface area (Å²) in [4.78, 5) is 26.6. The average molecular weight is 319 g/mol. The van der Waals surface area contributed by atoms with E-state index in [4.69, 9.17) is 0 Å². The lowest BCUT2D eigenvalue weighted by Gasteiger charge is -2.31. The highest BCUT2D eigenvalue weighted by Gasteiger charge is 2.19. The Morgan fingerprint density at radius 3 is 2.70 bits per heavy atom. The summed E-state index contributed by atoms with van der Waals surface area (Å²) in [7, 11) is 1.84. The van der Waals surface area contributed by atoms with Crippen LogP contribution in [0.1, 0.15) is 48.7 Å². The number of aromatic nitrogens is 1. The molecule has 0 unspecified atom stereocenters. The van der Waals surface area contributed by atoms with Crippen LogP contribution in [0.15, 0.2) is 17.1 Å². The highest BCUT2D eigenvalue weighted by Crippen LogP contribution is 2.19. The van der Waals surface area contributed by atoms with Gasteiger partial charge in [-0.25, -0.2) is 0 Å². The number of hydrogen-bond acceptors (Lipinski definition) is 3. The molecule has 2 rings (SSSR count). The van der Waals surface area contributed by atoms with Gasteiger partial charge in [-0.2, -0.15) is 0 Å². The number of pyridine rings is 1. The molecule has 0 atom stereocenters. The molecule has 1 aromatic rings. The van der Waals surface area contributed by atoms with Crippen LogP contribution in [-0.4, -0.2) is 41.6 Å². The average Bonchev–Trinajstić information content (AvgIpc) is 2.52. The third-order valence-electron chi connectivity index (χ3n) is 4.81. The number of piperidine rings is 1. The Bertz CT molecular complexity index is 586. The van der Waals surface area contributed by atoms with Crippen LogP contribution >= 0.6 is 0 Å². The molecule has 0 bridgehead atoms. The molecule has 0 aromatic carbocycles. The van der Waals surface area contributed by atoms with Crippen molar-refractivity contribution in [2.45, 2.75) is 39.5 Å². The number of nitrogens with one attached hydrogen (secondary N) is 1. The highest BCUT2D eigenvalue weighted by molar-refractivity contribution is 5.93. The Labute approximate surface area is 138 Å². The molecule has 0 radical (unpaired) electrons. The second kappa shape index (κ2) is 8.29. The molecule has 0 aliphatic carbocycles. The molecular weight excluding hydrogens is 290 g/mol. The van der Waals surface area contributed by atoms with Gasteiger partial charge in [0, 0.05) is 31.5 Å². The van der Waals surface area contributed by atoms with Gasteiger partial charge in [0.2, 0.25) is 0 Å². The summed E-state index contributed by atoms with van der Waals surface area (Å²) in [5.41, 5.74) is 0.882. The maximum atomic E-state index is 12.2. The Morgan fingerprint density at radius 2 is 2.04 bits per heavy atom. The normalized spacial score (nSPS) is 16.5. The van der Waals surface area contributed by atoms with Crippen molar-refractivity contribution in [3.8, 4) is 0 Å². The van der Waals surface area contributed by atoms with Gasteiger partial charge in [-0.1, -0.05) is 6.92 Å². The molecule has 5 heteroatoms. The zero-order valence-electron chi connectivity index (χ0n) is 14.6. The van der Waals surface area contributed by atoms with Gasteiger partial charge in [0.15, 0.2) is 5.43 Å². The van der Waals surface area contributed by atoms with E-state index in [0.717, 1.165) is 12.1 Å². The van der Waals surface area contributed by atoms with Crippen molar-refractivity contribution in [1.82, 2.24) is 14.8 Å². The number of carbonyl (C=O) groups is 1. The zero-order chi connectivity index (χ0) is 16.8. The lowest BCUT2D eigenvalue weighted by atomic mass is 9.93. The Kier molecular flexibility index (Phi) is 6.39. The standard InChI is InChI=1S/C18H29N3O2/c1-4-9-21-10-6-15(7-11-21)5-8-19-18(23)16-13-20(3)14(2)12-17(16)22/h12-13,15H,4-11H2,1-3H3,(H,19,23). The number of rotatable bonds is 6. The quantitative estimate of drug-likeness (QED) is 0.872. The summed E-state index contributed by atoms with van der Waals surface area (Å²) in [5.74, 6) is 0.429. The van der Waals surface area contributed by atoms with Gasteiger partial charge in [-0.3, -0.25) is 9.59 Å². The summed E-state index contributed by atoms with van der Waals surface area (Å²) in [5, 5.41) is 2.90. The van der Waals surface area contributed by atoms with Crippen LogP contribution in [0.3, 0.4) is 0 Å². The van der Waals surface area contributed by atoms with Gasteiger partial charge in [0.1, 0.15) is 5.56 Å². The summed E-state index contributed by atoms with van der Waals surface area (Å²) < 4.78 is 1.81. The van der Waals surface area contributed by atoms with E-state index in [0.29, 0.717) is 12.5 Å². The summed E-state index contributed by atoms with van der Waals surface area (Å²) in [6, 6.07) is 1.51. The summed E-state index contributed by atoms with van der Waals surface area (Å²) in [6.07, 6.45) is 6.25. The molecular formula is C18H29N3O2. The number of hydrogen-bond donors (Lipinski definition) is 1. The van der Waals surface area contributed by atoms with Gasteiger partial charge >= 0.3 is 0 Å². The van der Waals surface area contributed by atoms with Crippen molar-refractivity contribution in [1.29, 1.82) is 0 Å². The van der Waals surface area contributed by atoms with E-state index in [1.165, 1.54) is 45.0 Å². The van der Waals surface area contributed by atoms with Gasteiger partial charge in [0.05, 0.1) is 0 Å². The molecule has 1 aliphatic heterocycles. The first-order chi connectivity index (χ1) is 11.0. The van der Waals surface area contributed by atoms with E-state index < -0.39 is 0 Å². The van der Waals surface area contributed by atoms with Crippen molar-refractivity contribution < 1.29 is 4.79 Å². The Hall–Kier alpha value is -1.62. The number of amides is 1. The van der Waals surface area contributed by atoms with Crippen molar-refractivity contribution in [2.75, 3.05) is 26.2 Å². The second-order valence-corrected chi connectivity index (χ2v) is 6.63. The fourth-order valence-corrected chi connectivity index (χ4v) is 3.20. The van der Waals surface area contributed by atoms with Gasteiger partial charge in [-0.05, 0) is 58.2 Å². The highest BCUT2D eigenvalue weighted by atomic mass is 16.2. The van der Waals surface area contributed by atoms with E-state index in [9.17, 15) is 9.59 Å². The minimum atomic E-state index is -0.256. The predicted molar refractivity (Wildman–Crippen MR) is 92.8 cm³/mol. The first-order valence-corrected chi connectivity index (χ1v) is 8.69. The van der Waals surface area contributed by atoms with Crippen molar-refractivity contribution in [2.24, 2.45) is 13.0 Å². The number of aryl methyl sites for hydroxylation is 2. The maximum Gasteiger partial charge on any atom is 0.256 e. The number of carbonyl (C=O) groups excluding carboxylic acids is 1. The molecule has 1 aliphatic rings. The van der Waals surface area contributed by atoms with E-state index in [2.05, 4.69) is 17.1 Å². The van der Waals surface area contributed by atoms with Crippen molar-refractivity contribution in [3.05, 3.63) is 33.7 Å². The lowest BCUT2D eigenvalue weighted by molar-refractivity contribution is 0.0946. The van der Waals surface area contributed by atoms with Crippen LogP contribution in [0, 0.1) is 12.8 Å². The molecule has 0 spiro atoms. The van der Waals surface area contributed by atoms with Gasteiger partial charge < -0.3 is 14.8 Å². The monoisotopic (exact) mass is 319 g/mol. The molecule has 1 fully saturated rings. The van der Waals surface area contributed by atoms with Crippen LogP contribution in [-0.2, 0) is 7.05 Å². The predicted octanol–water partition coefficient (Wildman–Crippen LogP) is 1.94. The van der Waals surface area contributed by atoms with Crippen LogP contribution in [0.2, 0.25) is 0 Å².